The molecule has 7 heteroatoms. The number of esters is 1. The summed E-state index contributed by atoms with van der Waals surface area (Å²) in [4.78, 5) is 29.4. The van der Waals surface area contributed by atoms with Gasteiger partial charge >= 0.3 is 5.97 Å². The van der Waals surface area contributed by atoms with Crippen molar-refractivity contribution in [2.24, 2.45) is 0 Å². The Kier molecular flexibility index (Phi) is 6.81. The second-order valence-electron chi connectivity index (χ2n) is 5.13. The van der Waals surface area contributed by atoms with Gasteiger partial charge in [-0.05, 0) is 25.4 Å². The topological polar surface area (TPSA) is 68.3 Å². The standard InChI is InChI=1S/C17H20N2O3S2/c1-11-14(24-16(18-11)12-7-5-4-6-8-12)15(20)19-13(9-10-23-3)17(21)22-2/h4-8,13H,9-10H2,1-3H3,(H,19,20). The number of benzene rings is 1. The number of rotatable bonds is 7. The fourth-order valence-electron chi connectivity index (χ4n) is 2.16. The van der Waals surface area contributed by atoms with Crippen molar-refractivity contribution in [2.75, 3.05) is 19.1 Å². The van der Waals surface area contributed by atoms with Gasteiger partial charge in [-0.2, -0.15) is 11.8 Å². The van der Waals surface area contributed by atoms with Crippen molar-refractivity contribution in [3.8, 4) is 10.6 Å². The van der Waals surface area contributed by atoms with E-state index in [1.165, 1.54) is 18.4 Å². The Hall–Kier alpha value is -1.86. The number of amides is 1. The number of carbonyl (C=O) groups excluding carboxylic acids is 2. The van der Waals surface area contributed by atoms with Crippen molar-refractivity contribution < 1.29 is 14.3 Å². The molecule has 1 atom stereocenters. The predicted octanol–water partition coefficient (Wildman–Crippen LogP) is 3.14. The smallest absolute Gasteiger partial charge is 0.328 e. The average Bonchev–Trinajstić information content (AvgIpc) is 3.00. The highest BCUT2D eigenvalue weighted by Crippen LogP contribution is 2.27. The van der Waals surface area contributed by atoms with Gasteiger partial charge in [-0.1, -0.05) is 30.3 Å². The third-order valence-corrected chi connectivity index (χ3v) is 5.27. The van der Waals surface area contributed by atoms with Crippen LogP contribution in [0.15, 0.2) is 30.3 Å². The van der Waals surface area contributed by atoms with Crippen LogP contribution in [0.3, 0.4) is 0 Å². The molecule has 1 heterocycles. The summed E-state index contributed by atoms with van der Waals surface area (Å²) in [7, 11) is 1.33. The van der Waals surface area contributed by atoms with Gasteiger partial charge < -0.3 is 10.1 Å². The lowest BCUT2D eigenvalue weighted by Crippen LogP contribution is -2.41. The number of hydrogen-bond acceptors (Lipinski definition) is 6. The summed E-state index contributed by atoms with van der Waals surface area (Å²) < 4.78 is 4.78. The minimum Gasteiger partial charge on any atom is -0.467 e. The second kappa shape index (κ2) is 8.84. The average molecular weight is 364 g/mol. The molecule has 0 aliphatic carbocycles. The van der Waals surface area contributed by atoms with Gasteiger partial charge in [0.1, 0.15) is 15.9 Å². The molecule has 2 rings (SSSR count). The summed E-state index contributed by atoms with van der Waals surface area (Å²) in [5, 5.41) is 3.56. The van der Waals surface area contributed by atoms with Crippen LogP contribution in [0, 0.1) is 6.92 Å². The molecule has 5 nitrogen and oxygen atoms in total. The first-order valence-corrected chi connectivity index (χ1v) is 9.68. The van der Waals surface area contributed by atoms with Crippen molar-refractivity contribution >= 4 is 35.0 Å². The van der Waals surface area contributed by atoms with Crippen LogP contribution >= 0.6 is 23.1 Å². The zero-order valence-electron chi connectivity index (χ0n) is 13.9. The van der Waals surface area contributed by atoms with E-state index in [2.05, 4.69) is 10.3 Å². The molecule has 1 aromatic heterocycles. The number of ether oxygens (including phenoxy) is 1. The molecule has 1 aromatic carbocycles. The monoisotopic (exact) mass is 364 g/mol. The number of hydrogen-bond donors (Lipinski definition) is 1. The molecule has 1 N–H and O–H groups in total. The summed E-state index contributed by atoms with van der Waals surface area (Å²) in [6.45, 7) is 1.80. The molecule has 0 saturated carbocycles. The van der Waals surface area contributed by atoms with E-state index < -0.39 is 12.0 Å². The number of nitrogens with zero attached hydrogens (tertiary/aromatic N) is 1. The fourth-order valence-corrected chi connectivity index (χ4v) is 3.61. The van der Waals surface area contributed by atoms with Crippen LogP contribution in [0.5, 0.6) is 0 Å². The Balaban J connectivity index is 2.17. The van der Waals surface area contributed by atoms with E-state index in [0.29, 0.717) is 17.0 Å². The lowest BCUT2D eigenvalue weighted by atomic mass is 10.2. The maximum Gasteiger partial charge on any atom is 0.328 e. The highest BCUT2D eigenvalue weighted by atomic mass is 32.2. The van der Waals surface area contributed by atoms with E-state index >= 15 is 0 Å². The van der Waals surface area contributed by atoms with Gasteiger partial charge in [0.2, 0.25) is 0 Å². The van der Waals surface area contributed by atoms with Crippen LogP contribution in [0.25, 0.3) is 10.6 Å². The van der Waals surface area contributed by atoms with E-state index in [1.54, 1.807) is 18.7 Å². The lowest BCUT2D eigenvalue weighted by molar-refractivity contribution is -0.142. The number of thioether (sulfide) groups is 1. The third-order valence-electron chi connectivity index (χ3n) is 3.43. The maximum atomic E-state index is 12.5. The normalized spacial score (nSPS) is 11.8. The minimum absolute atomic E-state index is 0.288. The van der Waals surface area contributed by atoms with E-state index in [-0.39, 0.29) is 5.91 Å². The van der Waals surface area contributed by atoms with Crippen LogP contribution in [-0.2, 0) is 9.53 Å². The molecule has 0 spiro atoms. The number of aromatic nitrogens is 1. The summed E-state index contributed by atoms with van der Waals surface area (Å²) in [6.07, 6.45) is 2.48. The minimum atomic E-state index is -0.642. The molecule has 0 aliphatic rings. The van der Waals surface area contributed by atoms with Gasteiger partial charge in [0, 0.05) is 5.56 Å². The Morgan fingerprint density at radius 3 is 2.67 bits per heavy atom. The molecule has 128 valence electrons. The summed E-state index contributed by atoms with van der Waals surface area (Å²) in [6, 6.07) is 9.07. The third kappa shape index (κ3) is 4.58. The van der Waals surface area contributed by atoms with Crippen LogP contribution in [-0.4, -0.2) is 42.0 Å². The lowest BCUT2D eigenvalue weighted by Gasteiger charge is -2.15. The first kappa shape index (κ1) is 18.5. The van der Waals surface area contributed by atoms with Crippen molar-refractivity contribution in [2.45, 2.75) is 19.4 Å². The van der Waals surface area contributed by atoms with Gasteiger partial charge in [-0.3, -0.25) is 4.79 Å². The molecule has 1 unspecified atom stereocenters. The highest BCUT2D eigenvalue weighted by molar-refractivity contribution is 7.98. The summed E-state index contributed by atoms with van der Waals surface area (Å²) in [5.74, 6) is 0.0447. The summed E-state index contributed by atoms with van der Waals surface area (Å²) in [5.41, 5.74) is 1.63. The Morgan fingerprint density at radius 2 is 2.04 bits per heavy atom. The number of nitrogens with one attached hydrogen (secondary N) is 1. The fraction of sp³-hybridized carbons (Fsp3) is 0.353. The van der Waals surface area contributed by atoms with Gasteiger partial charge in [0.25, 0.3) is 5.91 Å². The Bertz CT molecular complexity index is 701. The van der Waals surface area contributed by atoms with E-state index in [0.717, 1.165) is 16.3 Å². The number of methoxy groups -OCH3 is 1. The van der Waals surface area contributed by atoms with Crippen LogP contribution in [0.2, 0.25) is 0 Å². The number of aryl methyl sites for hydroxylation is 1. The van der Waals surface area contributed by atoms with E-state index in [1.807, 2.05) is 36.6 Å². The molecule has 0 fully saturated rings. The largest absolute Gasteiger partial charge is 0.467 e. The van der Waals surface area contributed by atoms with Gasteiger partial charge in [0.05, 0.1) is 12.8 Å². The molecular weight excluding hydrogens is 344 g/mol. The molecule has 0 saturated heterocycles. The van der Waals surface area contributed by atoms with Gasteiger partial charge in [0.15, 0.2) is 0 Å². The molecule has 0 aliphatic heterocycles. The van der Waals surface area contributed by atoms with Crippen molar-refractivity contribution in [1.29, 1.82) is 0 Å². The van der Waals surface area contributed by atoms with Crippen molar-refractivity contribution in [1.82, 2.24) is 10.3 Å². The van der Waals surface area contributed by atoms with Crippen molar-refractivity contribution in [3.05, 3.63) is 40.9 Å². The van der Waals surface area contributed by atoms with E-state index in [4.69, 9.17) is 4.74 Å². The first-order valence-electron chi connectivity index (χ1n) is 7.47. The zero-order chi connectivity index (χ0) is 17.5. The van der Waals surface area contributed by atoms with Crippen LogP contribution in [0.4, 0.5) is 0 Å². The van der Waals surface area contributed by atoms with Crippen LogP contribution < -0.4 is 5.32 Å². The maximum absolute atomic E-state index is 12.5. The predicted molar refractivity (Wildman–Crippen MR) is 98.6 cm³/mol. The molecule has 2 aromatic rings. The molecule has 24 heavy (non-hydrogen) atoms. The zero-order valence-corrected chi connectivity index (χ0v) is 15.5. The molecule has 1 amide bonds. The number of thiazole rings is 1. The SMILES string of the molecule is COC(=O)C(CCSC)NC(=O)c1sc(-c2ccccc2)nc1C. The number of carbonyl (C=O) groups is 2. The Morgan fingerprint density at radius 1 is 1.33 bits per heavy atom. The summed E-state index contributed by atoms with van der Waals surface area (Å²) >= 11 is 2.94. The van der Waals surface area contributed by atoms with Gasteiger partial charge in [-0.25, -0.2) is 9.78 Å². The van der Waals surface area contributed by atoms with Crippen molar-refractivity contribution in [3.63, 3.8) is 0 Å². The quantitative estimate of drug-likeness (QED) is 0.765. The molecule has 0 bridgehead atoms. The second-order valence-corrected chi connectivity index (χ2v) is 7.11. The molecule has 0 radical (unpaired) electrons. The van der Waals surface area contributed by atoms with Gasteiger partial charge in [-0.15, -0.1) is 11.3 Å². The highest BCUT2D eigenvalue weighted by Gasteiger charge is 2.24. The Labute approximate surface area is 149 Å². The van der Waals surface area contributed by atoms with E-state index in [9.17, 15) is 9.59 Å². The van der Waals surface area contributed by atoms with Crippen LogP contribution in [0.1, 0.15) is 21.8 Å². The molecular formula is C17H20N2O3S2. The first-order chi connectivity index (χ1) is 11.6.